The molecule has 0 aliphatic heterocycles. The van der Waals surface area contributed by atoms with Crippen molar-refractivity contribution in [3.63, 3.8) is 0 Å². The highest BCUT2D eigenvalue weighted by atomic mass is 79.9. The summed E-state index contributed by atoms with van der Waals surface area (Å²) >= 11 is 5.16. The molecule has 3 nitrogen and oxygen atoms in total. The number of rotatable bonds is 8. The fraction of sp³-hybridized carbons (Fsp3) is 0.125. The molecule has 148 valence electrons. The van der Waals surface area contributed by atoms with Gasteiger partial charge in [-0.15, -0.1) is 11.8 Å². The second kappa shape index (κ2) is 10.3. The Morgan fingerprint density at radius 1 is 1.03 bits per heavy atom. The van der Waals surface area contributed by atoms with Crippen LogP contribution in [0.3, 0.4) is 0 Å². The predicted molar refractivity (Wildman–Crippen MR) is 123 cm³/mol. The Morgan fingerprint density at radius 2 is 1.72 bits per heavy atom. The molecule has 0 radical (unpaired) electrons. The van der Waals surface area contributed by atoms with E-state index in [0.717, 1.165) is 15.1 Å². The van der Waals surface area contributed by atoms with E-state index in [1.165, 1.54) is 22.3 Å². The zero-order valence-corrected chi connectivity index (χ0v) is 18.4. The normalized spacial score (nSPS) is 11.3. The number of aryl methyl sites for hydroxylation is 1. The Hall–Kier alpha value is -2.50. The Morgan fingerprint density at radius 3 is 2.38 bits per heavy atom. The number of halogens is 1. The molecule has 3 aromatic rings. The van der Waals surface area contributed by atoms with Crippen LogP contribution in [-0.4, -0.2) is 23.4 Å². The summed E-state index contributed by atoms with van der Waals surface area (Å²) in [5.41, 5.74) is 4.83. The maximum Gasteiger partial charge on any atom is 0.341 e. The second-order valence-electron chi connectivity index (χ2n) is 6.44. The zero-order chi connectivity index (χ0) is 20.6. The van der Waals surface area contributed by atoms with Crippen molar-refractivity contribution in [3.05, 3.63) is 100 Å². The standard InChI is InChI=1S/C24H21BrO3S/c1-17-7-9-19(10-8-17)21(18-5-3-2-4-6-18)13-14-29-20-11-12-23(22(25)15-20)28-16-24(26)27/h2-13,15H,14,16H2,1H3,(H,26,27)/b21-13-. The number of benzene rings is 3. The molecule has 0 unspecified atom stereocenters. The van der Waals surface area contributed by atoms with E-state index in [-0.39, 0.29) is 6.61 Å². The van der Waals surface area contributed by atoms with Crippen molar-refractivity contribution in [3.8, 4) is 5.75 Å². The minimum Gasteiger partial charge on any atom is -0.481 e. The summed E-state index contributed by atoms with van der Waals surface area (Å²) in [6.07, 6.45) is 2.24. The Balaban J connectivity index is 1.75. The van der Waals surface area contributed by atoms with Gasteiger partial charge in [0.05, 0.1) is 4.47 Å². The van der Waals surface area contributed by atoms with E-state index in [2.05, 4.69) is 77.5 Å². The molecule has 0 aromatic heterocycles. The van der Waals surface area contributed by atoms with Crippen LogP contribution in [0.5, 0.6) is 5.75 Å². The van der Waals surface area contributed by atoms with Crippen molar-refractivity contribution < 1.29 is 14.6 Å². The van der Waals surface area contributed by atoms with Crippen molar-refractivity contribution in [2.75, 3.05) is 12.4 Å². The van der Waals surface area contributed by atoms with Gasteiger partial charge in [0.25, 0.3) is 0 Å². The third kappa shape index (κ3) is 6.24. The Bertz CT molecular complexity index is 998. The minimum absolute atomic E-state index is 0.356. The molecule has 3 rings (SSSR count). The molecular formula is C24H21BrO3S. The van der Waals surface area contributed by atoms with Crippen LogP contribution in [0, 0.1) is 6.92 Å². The van der Waals surface area contributed by atoms with Crippen molar-refractivity contribution in [1.82, 2.24) is 0 Å². The Kier molecular flexibility index (Phi) is 7.55. The first-order valence-corrected chi connectivity index (χ1v) is 10.9. The van der Waals surface area contributed by atoms with Gasteiger partial charge in [0.1, 0.15) is 5.75 Å². The van der Waals surface area contributed by atoms with Gasteiger partial charge in [-0.1, -0.05) is 66.2 Å². The molecule has 0 amide bonds. The number of carbonyl (C=O) groups is 1. The van der Waals surface area contributed by atoms with Crippen LogP contribution in [0.25, 0.3) is 5.57 Å². The predicted octanol–water partition coefficient (Wildman–Crippen LogP) is 6.44. The number of thioether (sulfide) groups is 1. The highest BCUT2D eigenvalue weighted by molar-refractivity contribution is 9.10. The van der Waals surface area contributed by atoms with Gasteiger partial charge in [-0.25, -0.2) is 4.79 Å². The summed E-state index contributed by atoms with van der Waals surface area (Å²) in [4.78, 5) is 11.7. The highest BCUT2D eigenvalue weighted by Crippen LogP contribution is 2.31. The quantitative estimate of drug-likeness (QED) is 0.386. The van der Waals surface area contributed by atoms with Gasteiger partial charge < -0.3 is 9.84 Å². The Labute approximate surface area is 183 Å². The second-order valence-corrected chi connectivity index (χ2v) is 8.38. The molecule has 0 aliphatic carbocycles. The monoisotopic (exact) mass is 468 g/mol. The first kappa shape index (κ1) is 21.2. The number of carboxylic acids is 1. The van der Waals surface area contributed by atoms with Crippen LogP contribution in [0.1, 0.15) is 16.7 Å². The molecule has 0 aliphatic rings. The van der Waals surface area contributed by atoms with Gasteiger partial charge >= 0.3 is 5.97 Å². The number of hydrogen-bond donors (Lipinski definition) is 1. The molecular weight excluding hydrogens is 448 g/mol. The van der Waals surface area contributed by atoms with Crippen LogP contribution in [0.4, 0.5) is 0 Å². The number of hydrogen-bond acceptors (Lipinski definition) is 3. The molecule has 29 heavy (non-hydrogen) atoms. The topological polar surface area (TPSA) is 46.5 Å². The fourth-order valence-corrected chi connectivity index (χ4v) is 4.25. The SMILES string of the molecule is Cc1ccc(/C(=C\CSc2ccc(OCC(=O)O)c(Br)c2)c2ccccc2)cc1. The summed E-state index contributed by atoms with van der Waals surface area (Å²) < 4.78 is 6.00. The molecule has 0 atom stereocenters. The van der Waals surface area contributed by atoms with Gasteiger partial charge in [-0.3, -0.25) is 0 Å². The van der Waals surface area contributed by atoms with Crippen LogP contribution < -0.4 is 4.74 Å². The van der Waals surface area contributed by atoms with Crippen LogP contribution in [-0.2, 0) is 4.79 Å². The van der Waals surface area contributed by atoms with Crippen LogP contribution in [0.2, 0.25) is 0 Å². The molecule has 5 heteroatoms. The minimum atomic E-state index is -0.995. The van der Waals surface area contributed by atoms with E-state index >= 15 is 0 Å². The van der Waals surface area contributed by atoms with Gasteiger partial charge in [0, 0.05) is 10.6 Å². The molecule has 0 spiro atoms. The molecule has 0 saturated carbocycles. The van der Waals surface area contributed by atoms with Gasteiger partial charge in [-0.05, 0) is 57.8 Å². The summed E-state index contributed by atoms with van der Waals surface area (Å²) in [6, 6.07) is 24.6. The number of aliphatic carboxylic acids is 1. The zero-order valence-electron chi connectivity index (χ0n) is 16.0. The third-order valence-corrected chi connectivity index (χ3v) is 5.78. The molecule has 0 saturated heterocycles. The summed E-state index contributed by atoms with van der Waals surface area (Å²) in [5, 5.41) is 8.74. The number of ether oxygens (including phenoxy) is 1. The van der Waals surface area contributed by atoms with E-state index in [9.17, 15) is 4.79 Å². The average molecular weight is 469 g/mol. The van der Waals surface area contributed by atoms with Crippen molar-refractivity contribution in [2.45, 2.75) is 11.8 Å². The van der Waals surface area contributed by atoms with Crippen LogP contribution >= 0.6 is 27.7 Å². The molecule has 1 N–H and O–H groups in total. The first-order valence-electron chi connectivity index (χ1n) is 9.12. The van der Waals surface area contributed by atoms with Crippen molar-refractivity contribution in [1.29, 1.82) is 0 Å². The van der Waals surface area contributed by atoms with Gasteiger partial charge in [0.2, 0.25) is 0 Å². The van der Waals surface area contributed by atoms with Gasteiger partial charge in [-0.2, -0.15) is 0 Å². The molecule has 0 fully saturated rings. The van der Waals surface area contributed by atoms with Gasteiger partial charge in [0.15, 0.2) is 6.61 Å². The van der Waals surface area contributed by atoms with E-state index in [1.807, 2.05) is 18.2 Å². The average Bonchev–Trinajstić information content (AvgIpc) is 2.72. The fourth-order valence-electron chi connectivity index (χ4n) is 2.80. The van der Waals surface area contributed by atoms with E-state index < -0.39 is 5.97 Å². The first-order chi connectivity index (χ1) is 14.0. The highest BCUT2D eigenvalue weighted by Gasteiger charge is 2.07. The largest absolute Gasteiger partial charge is 0.481 e. The molecule has 0 bridgehead atoms. The summed E-state index contributed by atoms with van der Waals surface area (Å²) in [7, 11) is 0. The lowest BCUT2D eigenvalue weighted by Crippen LogP contribution is -2.09. The molecule has 0 heterocycles. The number of carboxylic acid groups (broad SMARTS) is 1. The lowest BCUT2D eigenvalue weighted by atomic mass is 9.97. The smallest absolute Gasteiger partial charge is 0.341 e. The summed E-state index contributed by atoms with van der Waals surface area (Å²) in [6.45, 7) is 1.73. The molecule has 3 aromatic carbocycles. The third-order valence-electron chi connectivity index (χ3n) is 4.24. The van der Waals surface area contributed by atoms with Crippen LogP contribution in [0.15, 0.2) is 88.2 Å². The maximum atomic E-state index is 10.7. The van der Waals surface area contributed by atoms with E-state index in [4.69, 9.17) is 9.84 Å². The van der Waals surface area contributed by atoms with Crippen molar-refractivity contribution in [2.24, 2.45) is 0 Å². The van der Waals surface area contributed by atoms with E-state index in [1.54, 1.807) is 17.8 Å². The van der Waals surface area contributed by atoms with Crippen molar-refractivity contribution >= 4 is 39.2 Å². The van der Waals surface area contributed by atoms with E-state index in [0.29, 0.717) is 5.75 Å². The summed E-state index contributed by atoms with van der Waals surface area (Å²) in [5.74, 6) is 0.335. The lowest BCUT2D eigenvalue weighted by molar-refractivity contribution is -0.139. The lowest BCUT2D eigenvalue weighted by Gasteiger charge is -2.10. The maximum absolute atomic E-state index is 10.7.